The number of hydrogen-bond donors (Lipinski definition) is 0. The van der Waals surface area contributed by atoms with Gasteiger partial charge >= 0.3 is 0 Å². The molecule has 2 aromatic rings. The SMILES string of the molecule is COC(C)=Cc1sc2ccccc2[n+]1C. The first-order chi connectivity index (χ1) is 7.22. The highest BCUT2D eigenvalue weighted by atomic mass is 32.1. The normalized spacial score (nSPS) is 12.1. The third kappa shape index (κ3) is 1.88. The van der Waals surface area contributed by atoms with Gasteiger partial charge in [0.05, 0.1) is 18.9 Å². The number of aryl methyl sites for hydroxylation is 1. The second-order valence-electron chi connectivity index (χ2n) is 3.43. The van der Waals surface area contributed by atoms with Crippen LogP contribution in [0.1, 0.15) is 11.9 Å². The summed E-state index contributed by atoms with van der Waals surface area (Å²) in [4.78, 5) is 0. The van der Waals surface area contributed by atoms with Crippen LogP contribution >= 0.6 is 11.3 Å². The summed E-state index contributed by atoms with van der Waals surface area (Å²) in [6, 6.07) is 8.39. The molecule has 1 heterocycles. The predicted molar refractivity (Wildman–Crippen MR) is 63.7 cm³/mol. The van der Waals surface area contributed by atoms with Gasteiger partial charge in [-0.2, -0.15) is 4.57 Å². The van der Waals surface area contributed by atoms with E-state index in [0.29, 0.717) is 0 Å². The van der Waals surface area contributed by atoms with Crippen LogP contribution in [0.25, 0.3) is 16.3 Å². The minimum atomic E-state index is 0.928. The summed E-state index contributed by atoms with van der Waals surface area (Å²) in [6.45, 7) is 1.96. The number of ether oxygens (including phenoxy) is 1. The third-order valence-electron chi connectivity index (χ3n) is 2.42. The van der Waals surface area contributed by atoms with Crippen molar-refractivity contribution in [3.8, 4) is 0 Å². The van der Waals surface area contributed by atoms with Gasteiger partial charge < -0.3 is 4.74 Å². The molecule has 0 spiro atoms. The molecule has 78 valence electrons. The molecule has 0 saturated carbocycles. The van der Waals surface area contributed by atoms with Crippen LogP contribution < -0.4 is 4.57 Å². The van der Waals surface area contributed by atoms with Crippen LogP contribution in [0.5, 0.6) is 0 Å². The second-order valence-corrected chi connectivity index (χ2v) is 4.49. The Morgan fingerprint density at radius 1 is 1.40 bits per heavy atom. The molecule has 2 rings (SSSR count). The van der Waals surface area contributed by atoms with Crippen LogP contribution in [0.2, 0.25) is 0 Å². The lowest BCUT2D eigenvalue weighted by atomic mass is 10.3. The quantitative estimate of drug-likeness (QED) is 0.560. The van der Waals surface area contributed by atoms with E-state index in [0.717, 1.165) is 5.76 Å². The van der Waals surface area contributed by atoms with E-state index in [1.807, 2.05) is 6.92 Å². The summed E-state index contributed by atoms with van der Waals surface area (Å²) in [5, 5.41) is 1.20. The number of aromatic nitrogens is 1. The molecule has 0 atom stereocenters. The van der Waals surface area contributed by atoms with Gasteiger partial charge in [0.2, 0.25) is 5.52 Å². The summed E-state index contributed by atoms with van der Waals surface area (Å²) in [6.07, 6.45) is 2.06. The molecule has 0 aliphatic heterocycles. The van der Waals surface area contributed by atoms with Crippen molar-refractivity contribution in [1.29, 1.82) is 0 Å². The first kappa shape index (κ1) is 10.2. The van der Waals surface area contributed by atoms with Gasteiger partial charge in [-0.1, -0.05) is 23.5 Å². The van der Waals surface area contributed by atoms with E-state index in [-0.39, 0.29) is 0 Å². The van der Waals surface area contributed by atoms with Gasteiger partial charge in [0.15, 0.2) is 0 Å². The first-order valence-corrected chi connectivity index (χ1v) is 5.64. The lowest BCUT2D eigenvalue weighted by Gasteiger charge is -1.94. The standard InChI is InChI=1S/C12H14NOS/c1-9(14-3)8-12-13(2)10-6-4-5-7-11(10)15-12/h4-8H,1-3H3/q+1. The monoisotopic (exact) mass is 220 g/mol. The lowest BCUT2D eigenvalue weighted by Crippen LogP contribution is -2.28. The van der Waals surface area contributed by atoms with Gasteiger partial charge in [-0.25, -0.2) is 0 Å². The maximum absolute atomic E-state index is 5.16. The van der Waals surface area contributed by atoms with Crippen LogP contribution in [-0.2, 0) is 11.8 Å². The van der Waals surface area contributed by atoms with E-state index >= 15 is 0 Å². The maximum atomic E-state index is 5.16. The molecule has 2 nitrogen and oxygen atoms in total. The molecule has 1 aromatic heterocycles. The Labute approximate surface area is 93.4 Å². The summed E-state index contributed by atoms with van der Waals surface area (Å²) >= 11 is 1.77. The molecule has 0 fully saturated rings. The largest absolute Gasteiger partial charge is 0.501 e. The van der Waals surface area contributed by atoms with Crippen molar-refractivity contribution in [2.24, 2.45) is 7.05 Å². The Morgan fingerprint density at radius 2 is 2.13 bits per heavy atom. The van der Waals surface area contributed by atoms with E-state index in [2.05, 4.69) is 42.0 Å². The number of methoxy groups -OCH3 is 1. The van der Waals surface area contributed by atoms with E-state index in [1.54, 1.807) is 18.4 Å². The van der Waals surface area contributed by atoms with E-state index in [9.17, 15) is 0 Å². The minimum Gasteiger partial charge on any atom is -0.501 e. The summed E-state index contributed by atoms with van der Waals surface area (Å²) in [5.74, 6) is 0.928. The predicted octanol–water partition coefficient (Wildman–Crippen LogP) is 2.73. The van der Waals surface area contributed by atoms with Gasteiger partial charge in [0, 0.05) is 6.07 Å². The molecule has 0 aliphatic carbocycles. The fourth-order valence-corrected chi connectivity index (χ4v) is 2.62. The molecule has 0 radical (unpaired) electrons. The van der Waals surface area contributed by atoms with Gasteiger partial charge in [-0.15, -0.1) is 0 Å². The number of hydrogen-bond acceptors (Lipinski definition) is 2. The van der Waals surface area contributed by atoms with Gasteiger partial charge in [0.1, 0.15) is 11.7 Å². The topological polar surface area (TPSA) is 13.1 Å². The Hall–Kier alpha value is -1.35. The zero-order chi connectivity index (χ0) is 10.8. The van der Waals surface area contributed by atoms with Crippen LogP contribution in [0.3, 0.4) is 0 Å². The number of benzene rings is 1. The smallest absolute Gasteiger partial charge is 0.265 e. The summed E-state index contributed by atoms with van der Waals surface area (Å²) in [7, 11) is 3.77. The molecular weight excluding hydrogens is 206 g/mol. The van der Waals surface area contributed by atoms with Crippen molar-refractivity contribution >= 4 is 27.6 Å². The van der Waals surface area contributed by atoms with Crippen molar-refractivity contribution in [2.45, 2.75) is 6.92 Å². The molecule has 0 aliphatic rings. The maximum Gasteiger partial charge on any atom is 0.265 e. The van der Waals surface area contributed by atoms with Gasteiger partial charge in [-0.05, 0) is 13.0 Å². The molecule has 0 bridgehead atoms. The Balaban J connectivity index is 2.58. The van der Waals surface area contributed by atoms with Crippen molar-refractivity contribution in [3.05, 3.63) is 35.0 Å². The number of thiazole rings is 1. The number of allylic oxidation sites excluding steroid dienone is 1. The number of nitrogens with zero attached hydrogens (tertiary/aromatic N) is 1. The number of para-hydroxylation sites is 1. The average Bonchev–Trinajstić information content (AvgIpc) is 2.57. The Morgan fingerprint density at radius 3 is 2.80 bits per heavy atom. The van der Waals surface area contributed by atoms with Gasteiger partial charge in [-0.3, -0.25) is 0 Å². The van der Waals surface area contributed by atoms with Crippen molar-refractivity contribution in [1.82, 2.24) is 0 Å². The molecule has 1 aromatic carbocycles. The molecule has 3 heteroatoms. The third-order valence-corrected chi connectivity index (χ3v) is 3.59. The molecule has 0 unspecified atom stereocenters. The molecule has 0 N–H and O–H groups in total. The van der Waals surface area contributed by atoms with Crippen LogP contribution in [0, 0.1) is 0 Å². The molecule has 15 heavy (non-hydrogen) atoms. The van der Waals surface area contributed by atoms with E-state index < -0.39 is 0 Å². The summed E-state index contributed by atoms with van der Waals surface area (Å²) < 4.78 is 8.64. The molecule has 0 saturated heterocycles. The second kappa shape index (κ2) is 4.03. The molecule has 0 amide bonds. The average molecular weight is 220 g/mol. The fraction of sp³-hybridized carbons (Fsp3) is 0.250. The van der Waals surface area contributed by atoms with Crippen molar-refractivity contribution in [3.63, 3.8) is 0 Å². The van der Waals surface area contributed by atoms with Crippen LogP contribution in [0.15, 0.2) is 30.0 Å². The van der Waals surface area contributed by atoms with E-state index in [4.69, 9.17) is 4.74 Å². The highest BCUT2D eigenvalue weighted by Gasteiger charge is 2.14. The van der Waals surface area contributed by atoms with Crippen molar-refractivity contribution in [2.75, 3.05) is 7.11 Å². The van der Waals surface area contributed by atoms with Crippen LogP contribution in [-0.4, -0.2) is 7.11 Å². The Bertz CT molecular complexity index is 513. The zero-order valence-electron chi connectivity index (χ0n) is 9.15. The lowest BCUT2D eigenvalue weighted by molar-refractivity contribution is -0.642. The summed E-state index contributed by atoms with van der Waals surface area (Å²) in [5.41, 5.74) is 1.26. The number of fused-ring (bicyclic) bond motifs is 1. The zero-order valence-corrected chi connectivity index (χ0v) is 9.97. The first-order valence-electron chi connectivity index (χ1n) is 4.82. The van der Waals surface area contributed by atoms with E-state index in [1.165, 1.54) is 15.2 Å². The number of rotatable bonds is 2. The molecular formula is C12H14NOS+. The highest BCUT2D eigenvalue weighted by Crippen LogP contribution is 2.21. The van der Waals surface area contributed by atoms with Gasteiger partial charge in [0.25, 0.3) is 5.01 Å². The minimum absolute atomic E-state index is 0.928. The fourth-order valence-electron chi connectivity index (χ4n) is 1.48. The van der Waals surface area contributed by atoms with Crippen molar-refractivity contribution < 1.29 is 9.30 Å². The Kier molecular flexibility index (Phi) is 2.73. The highest BCUT2D eigenvalue weighted by molar-refractivity contribution is 7.18. The van der Waals surface area contributed by atoms with Crippen LogP contribution in [0.4, 0.5) is 0 Å².